The maximum atomic E-state index is 12.6. The van der Waals surface area contributed by atoms with Crippen molar-refractivity contribution in [2.75, 3.05) is 26.2 Å². The van der Waals surface area contributed by atoms with E-state index in [1.807, 2.05) is 35.2 Å². The van der Waals surface area contributed by atoms with Crippen molar-refractivity contribution < 1.29 is 13.2 Å². The summed E-state index contributed by atoms with van der Waals surface area (Å²) in [5.74, 6) is 0.363. The minimum Gasteiger partial charge on any atom is -0.340 e. The number of carbonyl (C=O) groups is 1. The molecular weight excluding hydrogens is 338 g/mol. The van der Waals surface area contributed by atoms with Gasteiger partial charge in [0.05, 0.1) is 0 Å². The molecule has 1 N–H and O–H groups in total. The molecule has 1 aliphatic carbocycles. The summed E-state index contributed by atoms with van der Waals surface area (Å²) in [6.07, 6.45) is 5.46. The Kier molecular flexibility index (Phi) is 6.09. The molecule has 0 aromatic heterocycles. The highest BCUT2D eigenvalue weighted by atomic mass is 32.2. The predicted molar refractivity (Wildman–Crippen MR) is 96.9 cm³/mol. The molecule has 0 unspecified atom stereocenters. The second-order valence-electron chi connectivity index (χ2n) is 6.87. The van der Waals surface area contributed by atoms with Crippen molar-refractivity contribution in [3.8, 4) is 0 Å². The van der Waals surface area contributed by atoms with E-state index in [-0.39, 0.29) is 18.4 Å². The third-order valence-corrected chi connectivity index (χ3v) is 6.70. The summed E-state index contributed by atoms with van der Waals surface area (Å²) < 4.78 is 29.0. The van der Waals surface area contributed by atoms with E-state index in [9.17, 15) is 13.2 Å². The summed E-state index contributed by atoms with van der Waals surface area (Å²) in [6, 6.07) is 9.46. The van der Waals surface area contributed by atoms with Crippen LogP contribution in [-0.2, 0) is 21.5 Å². The van der Waals surface area contributed by atoms with Gasteiger partial charge in [0.15, 0.2) is 0 Å². The molecule has 1 aromatic carbocycles. The Bertz CT molecular complexity index is 664. The zero-order chi connectivity index (χ0) is 17.7. The third-order valence-electron chi connectivity index (χ3n) is 5.15. The Labute approximate surface area is 150 Å². The number of carbonyl (C=O) groups excluding carboxylic acids is 1. The lowest BCUT2D eigenvalue weighted by molar-refractivity contribution is -0.137. The molecule has 0 spiro atoms. The lowest BCUT2D eigenvalue weighted by atomic mass is 9.88. The summed E-state index contributed by atoms with van der Waals surface area (Å²) in [7, 11) is -3.51. The second-order valence-corrected chi connectivity index (χ2v) is 8.63. The molecule has 3 rings (SSSR count). The van der Waals surface area contributed by atoms with Gasteiger partial charge in [0, 0.05) is 38.6 Å². The van der Waals surface area contributed by atoms with Crippen LogP contribution in [0.5, 0.6) is 0 Å². The van der Waals surface area contributed by atoms with Gasteiger partial charge in [-0.3, -0.25) is 4.79 Å². The zero-order valence-electron chi connectivity index (χ0n) is 14.6. The van der Waals surface area contributed by atoms with E-state index in [4.69, 9.17) is 0 Å². The molecule has 7 heteroatoms. The number of rotatable bonds is 5. The van der Waals surface area contributed by atoms with Crippen molar-refractivity contribution in [2.24, 2.45) is 5.92 Å². The number of piperazine rings is 1. The van der Waals surface area contributed by atoms with Crippen molar-refractivity contribution >= 4 is 16.1 Å². The van der Waals surface area contributed by atoms with Crippen molar-refractivity contribution in [1.82, 2.24) is 13.9 Å². The highest BCUT2D eigenvalue weighted by Gasteiger charge is 2.31. The summed E-state index contributed by atoms with van der Waals surface area (Å²) in [5, 5.41) is 0. The summed E-state index contributed by atoms with van der Waals surface area (Å²) in [6.45, 7) is 1.98. The average molecular weight is 365 g/mol. The fourth-order valence-electron chi connectivity index (χ4n) is 3.62. The Morgan fingerprint density at radius 1 is 1.00 bits per heavy atom. The quantitative estimate of drug-likeness (QED) is 0.864. The molecule has 0 atom stereocenters. The monoisotopic (exact) mass is 365 g/mol. The van der Waals surface area contributed by atoms with Gasteiger partial charge in [-0.25, -0.2) is 0 Å². The van der Waals surface area contributed by atoms with Crippen LogP contribution in [0, 0.1) is 5.92 Å². The SMILES string of the molecule is O=C(C1CCCCC1)N1CCN(S(=O)(=O)NCc2ccccc2)CC1. The molecular formula is C18H27N3O3S. The van der Waals surface area contributed by atoms with Crippen molar-refractivity contribution in [3.05, 3.63) is 35.9 Å². The van der Waals surface area contributed by atoms with Gasteiger partial charge in [-0.15, -0.1) is 0 Å². The highest BCUT2D eigenvalue weighted by molar-refractivity contribution is 7.87. The van der Waals surface area contributed by atoms with Gasteiger partial charge >= 0.3 is 0 Å². The van der Waals surface area contributed by atoms with Gasteiger partial charge in [-0.05, 0) is 18.4 Å². The van der Waals surface area contributed by atoms with Crippen LogP contribution in [0.4, 0.5) is 0 Å². The highest BCUT2D eigenvalue weighted by Crippen LogP contribution is 2.26. The fraction of sp³-hybridized carbons (Fsp3) is 0.611. The molecule has 1 saturated carbocycles. The van der Waals surface area contributed by atoms with Crippen LogP contribution in [0.3, 0.4) is 0 Å². The molecule has 0 radical (unpaired) electrons. The largest absolute Gasteiger partial charge is 0.340 e. The van der Waals surface area contributed by atoms with Crippen LogP contribution in [0.15, 0.2) is 30.3 Å². The Morgan fingerprint density at radius 2 is 1.64 bits per heavy atom. The Hall–Kier alpha value is -1.44. The number of nitrogens with one attached hydrogen (secondary N) is 1. The first-order valence-electron chi connectivity index (χ1n) is 9.14. The average Bonchev–Trinajstić information content (AvgIpc) is 2.67. The van der Waals surface area contributed by atoms with Crippen LogP contribution < -0.4 is 4.72 Å². The summed E-state index contributed by atoms with van der Waals surface area (Å²) in [5.41, 5.74) is 0.928. The number of amides is 1. The van der Waals surface area contributed by atoms with E-state index < -0.39 is 10.2 Å². The molecule has 6 nitrogen and oxygen atoms in total. The van der Waals surface area contributed by atoms with E-state index in [1.165, 1.54) is 10.7 Å². The molecule has 0 bridgehead atoms. The summed E-state index contributed by atoms with van der Waals surface area (Å²) in [4.78, 5) is 14.4. The molecule has 138 valence electrons. The van der Waals surface area contributed by atoms with E-state index >= 15 is 0 Å². The van der Waals surface area contributed by atoms with Gasteiger partial charge in [0.2, 0.25) is 5.91 Å². The molecule has 2 fully saturated rings. The maximum absolute atomic E-state index is 12.6. The van der Waals surface area contributed by atoms with Crippen LogP contribution in [-0.4, -0.2) is 49.7 Å². The Morgan fingerprint density at radius 3 is 2.28 bits per heavy atom. The molecule has 1 aliphatic heterocycles. The van der Waals surface area contributed by atoms with Crippen LogP contribution in [0.1, 0.15) is 37.7 Å². The molecule has 1 saturated heterocycles. The standard InChI is InChI=1S/C18H27N3O3S/c22-18(17-9-5-2-6-10-17)20-11-13-21(14-12-20)25(23,24)19-15-16-7-3-1-4-8-16/h1,3-4,7-8,17,19H,2,5-6,9-15H2. The molecule has 25 heavy (non-hydrogen) atoms. The molecule has 1 heterocycles. The minimum absolute atomic E-state index is 0.146. The number of hydrogen-bond donors (Lipinski definition) is 1. The van der Waals surface area contributed by atoms with Gasteiger partial charge in [0.25, 0.3) is 10.2 Å². The van der Waals surface area contributed by atoms with E-state index in [1.54, 1.807) is 0 Å². The van der Waals surface area contributed by atoms with Gasteiger partial charge in [0.1, 0.15) is 0 Å². The zero-order valence-corrected chi connectivity index (χ0v) is 15.4. The lowest BCUT2D eigenvalue weighted by Gasteiger charge is -2.36. The topological polar surface area (TPSA) is 69.7 Å². The van der Waals surface area contributed by atoms with Gasteiger partial charge in [-0.2, -0.15) is 17.4 Å². The van der Waals surface area contributed by atoms with Crippen molar-refractivity contribution in [1.29, 1.82) is 0 Å². The number of benzene rings is 1. The number of hydrogen-bond acceptors (Lipinski definition) is 3. The van der Waals surface area contributed by atoms with E-state index in [0.29, 0.717) is 26.2 Å². The van der Waals surface area contributed by atoms with E-state index in [2.05, 4.69) is 4.72 Å². The maximum Gasteiger partial charge on any atom is 0.279 e. The van der Waals surface area contributed by atoms with Crippen molar-refractivity contribution in [3.63, 3.8) is 0 Å². The Balaban J connectivity index is 1.49. The second kappa shape index (κ2) is 8.29. The molecule has 1 aromatic rings. The van der Waals surface area contributed by atoms with Gasteiger partial charge < -0.3 is 4.90 Å². The lowest BCUT2D eigenvalue weighted by Crippen LogP contribution is -2.54. The van der Waals surface area contributed by atoms with Crippen LogP contribution >= 0.6 is 0 Å². The first-order chi connectivity index (χ1) is 12.1. The minimum atomic E-state index is -3.51. The molecule has 1 amide bonds. The van der Waals surface area contributed by atoms with Crippen LogP contribution in [0.25, 0.3) is 0 Å². The van der Waals surface area contributed by atoms with Crippen LogP contribution in [0.2, 0.25) is 0 Å². The third kappa shape index (κ3) is 4.80. The first-order valence-corrected chi connectivity index (χ1v) is 10.6. The van der Waals surface area contributed by atoms with E-state index in [0.717, 1.165) is 31.2 Å². The van der Waals surface area contributed by atoms with Crippen molar-refractivity contribution in [2.45, 2.75) is 38.6 Å². The fourth-order valence-corrected chi connectivity index (χ4v) is 4.79. The predicted octanol–water partition coefficient (Wildman–Crippen LogP) is 1.75. The first kappa shape index (κ1) is 18.4. The van der Waals surface area contributed by atoms with Gasteiger partial charge in [-0.1, -0.05) is 49.6 Å². The smallest absolute Gasteiger partial charge is 0.279 e. The molecule has 2 aliphatic rings. The normalized spacial score (nSPS) is 20.6. The summed E-state index contributed by atoms with van der Waals surface area (Å²) >= 11 is 0. The number of nitrogens with zero attached hydrogens (tertiary/aromatic N) is 2.